The standard InChI is InChI=1S/C27H28N4O2/c1-17-24(18(2)31(30-17)23-7-5-4-6-8-23)29-25(32)20-10-13-22(14-11-20)28-26(33)27(3)16-19-9-12-21(27)15-19/h4-14,19,21H,15-16H2,1-3H3,(H,28,33)(H,29,32). The highest BCUT2D eigenvalue weighted by Crippen LogP contribution is 2.52. The van der Waals surface area contributed by atoms with Crippen molar-refractivity contribution in [1.82, 2.24) is 9.78 Å². The lowest BCUT2D eigenvalue weighted by molar-refractivity contribution is -0.126. The minimum atomic E-state index is -0.358. The summed E-state index contributed by atoms with van der Waals surface area (Å²) in [6.45, 7) is 5.87. The summed E-state index contributed by atoms with van der Waals surface area (Å²) >= 11 is 0. The summed E-state index contributed by atoms with van der Waals surface area (Å²) in [4.78, 5) is 25.8. The zero-order chi connectivity index (χ0) is 23.2. The van der Waals surface area contributed by atoms with Gasteiger partial charge in [0.2, 0.25) is 5.91 Å². The Morgan fingerprint density at radius 2 is 1.73 bits per heavy atom. The predicted molar refractivity (Wildman–Crippen MR) is 130 cm³/mol. The number of allylic oxidation sites excluding steroid dienone is 2. The van der Waals surface area contributed by atoms with Crippen LogP contribution in [0.3, 0.4) is 0 Å². The Balaban J connectivity index is 1.27. The molecule has 168 valence electrons. The van der Waals surface area contributed by atoms with Crippen LogP contribution in [0.1, 0.15) is 41.5 Å². The topological polar surface area (TPSA) is 76.0 Å². The van der Waals surface area contributed by atoms with Crippen LogP contribution >= 0.6 is 0 Å². The van der Waals surface area contributed by atoms with Gasteiger partial charge < -0.3 is 10.6 Å². The van der Waals surface area contributed by atoms with E-state index in [1.54, 1.807) is 24.3 Å². The van der Waals surface area contributed by atoms with Gasteiger partial charge in [0.25, 0.3) is 5.91 Å². The largest absolute Gasteiger partial charge is 0.326 e. The van der Waals surface area contributed by atoms with Crippen LogP contribution in [0.5, 0.6) is 0 Å². The molecule has 0 spiro atoms. The molecule has 6 heteroatoms. The van der Waals surface area contributed by atoms with Crippen molar-refractivity contribution in [3.63, 3.8) is 0 Å². The fourth-order valence-electron chi connectivity index (χ4n) is 5.16. The zero-order valence-corrected chi connectivity index (χ0v) is 19.1. The molecule has 33 heavy (non-hydrogen) atoms. The number of amides is 2. The van der Waals surface area contributed by atoms with Gasteiger partial charge >= 0.3 is 0 Å². The van der Waals surface area contributed by atoms with Crippen molar-refractivity contribution in [2.75, 3.05) is 10.6 Å². The molecule has 0 aliphatic heterocycles. The molecule has 2 bridgehead atoms. The smallest absolute Gasteiger partial charge is 0.255 e. The summed E-state index contributed by atoms with van der Waals surface area (Å²) < 4.78 is 1.83. The first-order valence-corrected chi connectivity index (χ1v) is 11.4. The zero-order valence-electron chi connectivity index (χ0n) is 19.1. The number of aromatic nitrogens is 2. The van der Waals surface area contributed by atoms with Crippen molar-refractivity contribution in [3.8, 4) is 5.69 Å². The molecule has 3 aromatic rings. The fourth-order valence-corrected chi connectivity index (χ4v) is 5.16. The Kier molecular flexibility index (Phi) is 5.16. The van der Waals surface area contributed by atoms with Crippen LogP contribution < -0.4 is 10.6 Å². The molecule has 1 fully saturated rings. The maximum Gasteiger partial charge on any atom is 0.255 e. The van der Waals surface area contributed by atoms with Crippen LogP contribution in [0, 0.1) is 31.1 Å². The second-order valence-electron chi connectivity index (χ2n) is 9.39. The maximum absolute atomic E-state index is 12.9. The third-order valence-electron chi connectivity index (χ3n) is 7.13. The Bertz CT molecular complexity index is 1240. The highest BCUT2D eigenvalue weighted by Gasteiger charge is 2.49. The molecule has 6 nitrogen and oxygen atoms in total. The van der Waals surface area contributed by atoms with Gasteiger partial charge in [-0.1, -0.05) is 37.3 Å². The summed E-state index contributed by atoms with van der Waals surface area (Å²) in [5.41, 5.74) is 4.13. The lowest BCUT2D eigenvalue weighted by Crippen LogP contribution is -2.36. The highest BCUT2D eigenvalue weighted by molar-refractivity contribution is 6.05. The van der Waals surface area contributed by atoms with Crippen LogP contribution in [-0.2, 0) is 4.79 Å². The van der Waals surface area contributed by atoms with E-state index in [0.717, 1.165) is 29.9 Å². The molecule has 2 aliphatic carbocycles. The van der Waals surface area contributed by atoms with E-state index in [2.05, 4.69) is 34.8 Å². The molecular weight excluding hydrogens is 412 g/mol. The van der Waals surface area contributed by atoms with E-state index < -0.39 is 0 Å². The van der Waals surface area contributed by atoms with Crippen molar-refractivity contribution < 1.29 is 9.59 Å². The molecular formula is C27H28N4O2. The monoisotopic (exact) mass is 440 g/mol. The van der Waals surface area contributed by atoms with Crippen molar-refractivity contribution >= 4 is 23.2 Å². The van der Waals surface area contributed by atoms with Crippen molar-refractivity contribution in [1.29, 1.82) is 0 Å². The number of hydrogen-bond acceptors (Lipinski definition) is 3. The molecule has 1 heterocycles. The lowest BCUT2D eigenvalue weighted by Gasteiger charge is -2.29. The number of carbonyl (C=O) groups excluding carboxylic acids is 2. The number of benzene rings is 2. The number of nitrogens with one attached hydrogen (secondary N) is 2. The Hall–Kier alpha value is -3.67. The van der Waals surface area contributed by atoms with E-state index in [0.29, 0.717) is 28.8 Å². The SMILES string of the molecule is Cc1nn(-c2ccccc2)c(C)c1NC(=O)c1ccc(NC(=O)C2(C)CC3C=CC2C3)cc1. The molecule has 5 rings (SSSR count). The first kappa shape index (κ1) is 21.2. The van der Waals surface area contributed by atoms with Crippen LogP contribution in [0.4, 0.5) is 11.4 Å². The van der Waals surface area contributed by atoms with E-state index in [-0.39, 0.29) is 17.2 Å². The maximum atomic E-state index is 12.9. The molecule has 2 amide bonds. The average molecular weight is 441 g/mol. The number of hydrogen-bond donors (Lipinski definition) is 2. The van der Waals surface area contributed by atoms with Crippen molar-refractivity contribution in [2.45, 2.75) is 33.6 Å². The van der Waals surface area contributed by atoms with Gasteiger partial charge in [0, 0.05) is 11.3 Å². The summed E-state index contributed by atoms with van der Waals surface area (Å²) in [6.07, 6.45) is 6.39. The number of nitrogens with zero attached hydrogens (tertiary/aromatic N) is 2. The molecule has 1 aromatic heterocycles. The third-order valence-corrected chi connectivity index (χ3v) is 7.13. The Labute approximate surface area is 193 Å². The van der Waals surface area contributed by atoms with Crippen LogP contribution in [0.15, 0.2) is 66.7 Å². The number of fused-ring (bicyclic) bond motifs is 2. The molecule has 1 saturated carbocycles. The third kappa shape index (κ3) is 3.75. The lowest BCUT2D eigenvalue weighted by atomic mass is 9.77. The molecule has 2 aliphatic rings. The number of aryl methyl sites for hydroxylation is 1. The molecule has 2 N–H and O–H groups in total. The number of anilines is 2. The number of para-hydroxylation sites is 1. The highest BCUT2D eigenvalue weighted by atomic mass is 16.2. The van der Waals surface area contributed by atoms with Gasteiger partial charge in [-0.3, -0.25) is 9.59 Å². The van der Waals surface area contributed by atoms with Crippen LogP contribution in [-0.4, -0.2) is 21.6 Å². The number of rotatable bonds is 5. The first-order chi connectivity index (χ1) is 15.8. The minimum absolute atomic E-state index is 0.0520. The van der Waals surface area contributed by atoms with E-state index in [9.17, 15) is 9.59 Å². The fraction of sp³-hybridized carbons (Fsp3) is 0.296. The number of carbonyl (C=O) groups is 2. The van der Waals surface area contributed by atoms with Crippen LogP contribution in [0.25, 0.3) is 5.69 Å². The summed E-state index contributed by atoms with van der Waals surface area (Å²) in [6, 6.07) is 16.9. The van der Waals surface area contributed by atoms with E-state index in [4.69, 9.17) is 0 Å². The average Bonchev–Trinajstić information content (AvgIpc) is 3.50. The van der Waals surface area contributed by atoms with Gasteiger partial charge in [-0.05, 0) is 74.9 Å². The molecule has 2 aromatic carbocycles. The van der Waals surface area contributed by atoms with E-state index >= 15 is 0 Å². The first-order valence-electron chi connectivity index (χ1n) is 11.4. The normalized spacial score (nSPS) is 23.0. The summed E-state index contributed by atoms with van der Waals surface area (Å²) in [7, 11) is 0. The van der Waals surface area contributed by atoms with Gasteiger partial charge in [0.15, 0.2) is 0 Å². The Morgan fingerprint density at radius 1 is 1.00 bits per heavy atom. The van der Waals surface area contributed by atoms with Crippen molar-refractivity contribution in [2.24, 2.45) is 17.3 Å². The van der Waals surface area contributed by atoms with Crippen molar-refractivity contribution in [3.05, 3.63) is 83.7 Å². The molecule has 3 atom stereocenters. The quantitative estimate of drug-likeness (QED) is 0.530. The minimum Gasteiger partial charge on any atom is -0.326 e. The molecule has 3 unspecified atom stereocenters. The molecule has 0 saturated heterocycles. The summed E-state index contributed by atoms with van der Waals surface area (Å²) in [5.74, 6) is 0.679. The van der Waals surface area contributed by atoms with Gasteiger partial charge in [-0.2, -0.15) is 5.10 Å². The molecule has 0 radical (unpaired) electrons. The van der Waals surface area contributed by atoms with Gasteiger partial charge in [-0.15, -0.1) is 0 Å². The Morgan fingerprint density at radius 3 is 2.36 bits per heavy atom. The van der Waals surface area contributed by atoms with Gasteiger partial charge in [0.1, 0.15) is 0 Å². The second-order valence-corrected chi connectivity index (χ2v) is 9.39. The second kappa shape index (κ2) is 8.03. The van der Waals surface area contributed by atoms with E-state index in [1.807, 2.05) is 48.9 Å². The summed E-state index contributed by atoms with van der Waals surface area (Å²) in [5, 5.41) is 10.6. The van der Waals surface area contributed by atoms with E-state index in [1.165, 1.54) is 0 Å². The predicted octanol–water partition coefficient (Wildman–Crippen LogP) is 5.28. The van der Waals surface area contributed by atoms with Crippen LogP contribution in [0.2, 0.25) is 0 Å². The van der Waals surface area contributed by atoms with Gasteiger partial charge in [0.05, 0.1) is 28.2 Å². The van der Waals surface area contributed by atoms with Gasteiger partial charge in [-0.25, -0.2) is 4.68 Å².